The van der Waals surface area contributed by atoms with Crippen LogP contribution in [0.25, 0.3) is 0 Å². The fourth-order valence-electron chi connectivity index (χ4n) is 2.79. The highest BCUT2D eigenvalue weighted by molar-refractivity contribution is 6.27. The van der Waals surface area contributed by atoms with Crippen molar-refractivity contribution < 1.29 is 29.3 Å². The SMILES string of the molecule is C1CC2COC2CN1.C1CC2COC2CN1.O=C(O)C(=O)O. The molecule has 22 heavy (non-hydrogen) atoms. The second-order valence-electron chi connectivity index (χ2n) is 5.86. The molecule has 4 unspecified atom stereocenters. The van der Waals surface area contributed by atoms with Gasteiger partial charge in [-0.1, -0.05) is 0 Å². The highest BCUT2D eigenvalue weighted by atomic mass is 16.5. The van der Waals surface area contributed by atoms with E-state index in [1.807, 2.05) is 0 Å². The summed E-state index contributed by atoms with van der Waals surface area (Å²) in [5.41, 5.74) is 0. The first-order valence-corrected chi connectivity index (χ1v) is 7.68. The van der Waals surface area contributed by atoms with Gasteiger partial charge >= 0.3 is 11.9 Å². The van der Waals surface area contributed by atoms with Crippen LogP contribution in [0.3, 0.4) is 0 Å². The highest BCUT2D eigenvalue weighted by Crippen LogP contribution is 2.25. The predicted molar refractivity (Wildman–Crippen MR) is 76.7 cm³/mol. The maximum absolute atomic E-state index is 9.10. The zero-order valence-electron chi connectivity index (χ0n) is 12.5. The van der Waals surface area contributed by atoms with Crippen LogP contribution in [0.4, 0.5) is 0 Å². The zero-order valence-corrected chi connectivity index (χ0v) is 12.5. The van der Waals surface area contributed by atoms with Gasteiger partial charge < -0.3 is 30.3 Å². The molecule has 0 amide bonds. The second-order valence-corrected chi connectivity index (χ2v) is 5.86. The van der Waals surface area contributed by atoms with Crippen molar-refractivity contribution in [3.63, 3.8) is 0 Å². The van der Waals surface area contributed by atoms with Gasteiger partial charge in [-0.15, -0.1) is 0 Å². The van der Waals surface area contributed by atoms with E-state index in [-0.39, 0.29) is 0 Å². The molecule has 4 atom stereocenters. The smallest absolute Gasteiger partial charge is 0.414 e. The van der Waals surface area contributed by atoms with Gasteiger partial charge in [-0.25, -0.2) is 9.59 Å². The average molecular weight is 316 g/mol. The van der Waals surface area contributed by atoms with Crippen molar-refractivity contribution in [1.29, 1.82) is 0 Å². The minimum Gasteiger partial charge on any atom is -0.473 e. The zero-order chi connectivity index (χ0) is 15.9. The number of carboxylic acid groups (broad SMARTS) is 2. The Morgan fingerprint density at radius 1 is 0.818 bits per heavy atom. The highest BCUT2D eigenvalue weighted by Gasteiger charge is 2.34. The first-order chi connectivity index (χ1) is 10.6. The van der Waals surface area contributed by atoms with E-state index in [1.54, 1.807) is 0 Å². The van der Waals surface area contributed by atoms with Gasteiger partial charge in [0.15, 0.2) is 0 Å². The van der Waals surface area contributed by atoms with E-state index < -0.39 is 11.9 Å². The first-order valence-electron chi connectivity index (χ1n) is 7.68. The van der Waals surface area contributed by atoms with E-state index in [4.69, 9.17) is 29.3 Å². The summed E-state index contributed by atoms with van der Waals surface area (Å²) in [6.45, 7) is 6.61. The summed E-state index contributed by atoms with van der Waals surface area (Å²) >= 11 is 0. The van der Waals surface area contributed by atoms with E-state index in [1.165, 1.54) is 25.9 Å². The number of rotatable bonds is 0. The number of hydrogen-bond donors (Lipinski definition) is 4. The average Bonchev–Trinajstić information content (AvgIpc) is 2.43. The van der Waals surface area contributed by atoms with Gasteiger partial charge in [-0.05, 0) is 25.9 Å². The van der Waals surface area contributed by atoms with Gasteiger partial charge in [-0.2, -0.15) is 0 Å². The number of fused-ring (bicyclic) bond motifs is 2. The van der Waals surface area contributed by atoms with E-state index in [2.05, 4.69) is 10.6 Å². The summed E-state index contributed by atoms with van der Waals surface area (Å²) in [6, 6.07) is 0. The summed E-state index contributed by atoms with van der Waals surface area (Å²) in [5.74, 6) is -1.85. The fraction of sp³-hybridized carbons (Fsp3) is 0.857. The largest absolute Gasteiger partial charge is 0.473 e. The molecule has 4 aliphatic rings. The molecule has 8 nitrogen and oxygen atoms in total. The lowest BCUT2D eigenvalue weighted by atomic mass is 9.91. The predicted octanol–water partition coefficient (Wildman–Crippen LogP) is -0.855. The van der Waals surface area contributed by atoms with Crippen LogP contribution in [0.15, 0.2) is 0 Å². The Hall–Kier alpha value is -1.22. The number of carbonyl (C=O) groups is 2. The minimum absolute atomic E-state index is 0.573. The Kier molecular flexibility index (Phi) is 6.56. The fourth-order valence-corrected chi connectivity index (χ4v) is 2.79. The topological polar surface area (TPSA) is 117 Å². The Bertz CT molecular complexity index is 332. The molecule has 4 heterocycles. The van der Waals surface area contributed by atoms with Crippen LogP contribution in [0.5, 0.6) is 0 Å². The number of hydrogen-bond acceptors (Lipinski definition) is 6. The third kappa shape index (κ3) is 4.91. The van der Waals surface area contributed by atoms with E-state index in [0.29, 0.717) is 12.2 Å². The van der Waals surface area contributed by atoms with Crippen LogP contribution >= 0.6 is 0 Å². The molecule has 0 radical (unpaired) electrons. The molecule has 0 aromatic heterocycles. The Morgan fingerprint density at radius 2 is 1.23 bits per heavy atom. The molecule has 126 valence electrons. The summed E-state index contributed by atoms with van der Waals surface area (Å²) in [6.07, 6.45) is 3.79. The molecular weight excluding hydrogens is 292 g/mol. The first kappa shape index (κ1) is 17.1. The van der Waals surface area contributed by atoms with Gasteiger partial charge in [0.1, 0.15) is 0 Å². The van der Waals surface area contributed by atoms with E-state index in [9.17, 15) is 0 Å². The molecule has 0 spiro atoms. The maximum Gasteiger partial charge on any atom is 0.414 e. The van der Waals surface area contributed by atoms with Gasteiger partial charge in [-0.3, -0.25) is 0 Å². The van der Waals surface area contributed by atoms with Crippen molar-refractivity contribution in [3.8, 4) is 0 Å². The van der Waals surface area contributed by atoms with Crippen molar-refractivity contribution >= 4 is 11.9 Å². The number of ether oxygens (including phenoxy) is 2. The van der Waals surface area contributed by atoms with E-state index in [0.717, 1.165) is 38.1 Å². The quantitative estimate of drug-likeness (QED) is 0.427. The molecule has 8 heteroatoms. The Labute approximate surface area is 129 Å². The lowest BCUT2D eigenvalue weighted by molar-refractivity contribution is -0.159. The second kappa shape index (κ2) is 8.42. The van der Waals surface area contributed by atoms with Crippen LogP contribution in [-0.4, -0.2) is 73.8 Å². The van der Waals surface area contributed by atoms with Gasteiger partial charge in [0.25, 0.3) is 0 Å². The maximum atomic E-state index is 9.10. The van der Waals surface area contributed by atoms with Crippen molar-refractivity contribution in [2.45, 2.75) is 25.0 Å². The van der Waals surface area contributed by atoms with Crippen LogP contribution < -0.4 is 10.6 Å². The number of nitrogens with one attached hydrogen (secondary N) is 2. The molecule has 0 aromatic carbocycles. The molecule has 0 aromatic rings. The molecule has 0 bridgehead atoms. The van der Waals surface area contributed by atoms with Crippen LogP contribution in [0.2, 0.25) is 0 Å². The molecule has 4 N–H and O–H groups in total. The molecule has 0 saturated carbocycles. The molecule has 4 saturated heterocycles. The van der Waals surface area contributed by atoms with Crippen LogP contribution in [0, 0.1) is 11.8 Å². The lowest BCUT2D eigenvalue weighted by Gasteiger charge is -2.40. The van der Waals surface area contributed by atoms with Gasteiger partial charge in [0, 0.05) is 24.9 Å². The molecular formula is C14H24N2O6. The molecule has 4 rings (SSSR count). The number of carboxylic acids is 2. The van der Waals surface area contributed by atoms with E-state index >= 15 is 0 Å². The van der Waals surface area contributed by atoms with Gasteiger partial charge in [0.2, 0.25) is 0 Å². The van der Waals surface area contributed by atoms with Crippen LogP contribution in [-0.2, 0) is 19.1 Å². The number of aliphatic carboxylic acids is 2. The van der Waals surface area contributed by atoms with Crippen molar-refractivity contribution in [3.05, 3.63) is 0 Å². The lowest BCUT2D eigenvalue weighted by Crippen LogP contribution is -2.51. The molecule has 4 fully saturated rings. The van der Waals surface area contributed by atoms with Crippen molar-refractivity contribution in [2.24, 2.45) is 11.8 Å². The standard InChI is InChI=1S/2C6H11NO.C2H2O4/c2*1-2-7-3-6-5(1)4-8-6;3-1(4)2(5)6/h2*5-7H,1-4H2;(H,3,4)(H,5,6). The van der Waals surface area contributed by atoms with Gasteiger partial charge in [0.05, 0.1) is 25.4 Å². The van der Waals surface area contributed by atoms with Crippen molar-refractivity contribution in [2.75, 3.05) is 39.4 Å². The molecule has 0 aliphatic carbocycles. The third-order valence-electron chi connectivity index (χ3n) is 4.36. The van der Waals surface area contributed by atoms with Crippen molar-refractivity contribution in [1.82, 2.24) is 10.6 Å². The third-order valence-corrected chi connectivity index (χ3v) is 4.36. The summed E-state index contributed by atoms with van der Waals surface area (Å²) < 4.78 is 10.5. The summed E-state index contributed by atoms with van der Waals surface area (Å²) in [4.78, 5) is 18.2. The Balaban J connectivity index is 0.000000123. The molecule has 4 aliphatic heterocycles. The Morgan fingerprint density at radius 3 is 1.36 bits per heavy atom. The summed E-state index contributed by atoms with van der Waals surface area (Å²) in [5, 5.41) is 21.4. The van der Waals surface area contributed by atoms with Crippen LogP contribution in [0.1, 0.15) is 12.8 Å². The minimum atomic E-state index is -1.82. The normalized spacial score (nSPS) is 34.7. The monoisotopic (exact) mass is 316 g/mol. The summed E-state index contributed by atoms with van der Waals surface area (Å²) in [7, 11) is 0. The number of piperidine rings is 2.